The van der Waals surface area contributed by atoms with E-state index in [0.29, 0.717) is 11.7 Å². The van der Waals surface area contributed by atoms with Gasteiger partial charge in [0.15, 0.2) is 0 Å². The molecule has 1 aromatic carbocycles. The summed E-state index contributed by atoms with van der Waals surface area (Å²) in [6.07, 6.45) is 3.93. The summed E-state index contributed by atoms with van der Waals surface area (Å²) >= 11 is 0. The second-order valence-electron chi connectivity index (χ2n) is 5.71. The van der Waals surface area contributed by atoms with Crippen molar-refractivity contribution in [2.45, 2.75) is 31.7 Å². The van der Waals surface area contributed by atoms with E-state index in [1.165, 1.54) is 0 Å². The SMILES string of the molecule is CC(CS(C)=O)n1c(C2CC2)nc2ccc(C(=O)O)cc21. The van der Waals surface area contributed by atoms with Gasteiger partial charge >= 0.3 is 5.97 Å². The number of aromatic carboxylic acids is 1. The van der Waals surface area contributed by atoms with Crippen molar-refractivity contribution in [2.75, 3.05) is 12.0 Å². The van der Waals surface area contributed by atoms with Crippen LogP contribution in [0, 0.1) is 0 Å². The Morgan fingerprint density at radius 1 is 1.52 bits per heavy atom. The van der Waals surface area contributed by atoms with Crippen molar-refractivity contribution in [3.05, 3.63) is 29.6 Å². The molecule has 0 aliphatic heterocycles. The normalized spacial score (nSPS) is 17.8. The van der Waals surface area contributed by atoms with Gasteiger partial charge < -0.3 is 9.67 Å². The highest BCUT2D eigenvalue weighted by Crippen LogP contribution is 2.42. The van der Waals surface area contributed by atoms with Crippen LogP contribution in [0.25, 0.3) is 11.0 Å². The fourth-order valence-electron chi connectivity index (χ4n) is 2.75. The van der Waals surface area contributed by atoms with Crippen LogP contribution in [0.2, 0.25) is 0 Å². The van der Waals surface area contributed by atoms with E-state index < -0.39 is 16.8 Å². The lowest BCUT2D eigenvalue weighted by molar-refractivity contribution is 0.0697. The Kier molecular flexibility index (Phi) is 3.57. The molecule has 3 rings (SSSR count). The first-order valence-electron chi connectivity index (χ1n) is 7.02. The summed E-state index contributed by atoms with van der Waals surface area (Å²) in [5, 5.41) is 9.17. The Labute approximate surface area is 125 Å². The highest BCUT2D eigenvalue weighted by atomic mass is 32.2. The molecule has 2 aromatic rings. The van der Waals surface area contributed by atoms with Gasteiger partial charge in [0.1, 0.15) is 5.82 Å². The van der Waals surface area contributed by atoms with Gasteiger partial charge in [0, 0.05) is 34.8 Å². The molecule has 1 aliphatic rings. The third-order valence-corrected chi connectivity index (χ3v) is 4.77. The second-order valence-corrected chi connectivity index (χ2v) is 7.19. The van der Waals surface area contributed by atoms with E-state index in [1.54, 1.807) is 24.5 Å². The highest BCUT2D eigenvalue weighted by Gasteiger charge is 2.31. The van der Waals surface area contributed by atoms with E-state index >= 15 is 0 Å². The fourth-order valence-corrected chi connectivity index (χ4v) is 3.58. The number of carboxylic acid groups (broad SMARTS) is 1. The summed E-state index contributed by atoms with van der Waals surface area (Å²) in [5.41, 5.74) is 1.90. The molecule has 0 amide bonds. The fraction of sp³-hybridized carbons (Fsp3) is 0.467. The lowest BCUT2D eigenvalue weighted by atomic mass is 10.2. The van der Waals surface area contributed by atoms with Crippen LogP contribution in [0.15, 0.2) is 18.2 Å². The van der Waals surface area contributed by atoms with Crippen molar-refractivity contribution in [1.82, 2.24) is 9.55 Å². The van der Waals surface area contributed by atoms with E-state index in [2.05, 4.69) is 9.55 Å². The van der Waals surface area contributed by atoms with Gasteiger partial charge in [-0.25, -0.2) is 9.78 Å². The van der Waals surface area contributed by atoms with Gasteiger partial charge in [-0.3, -0.25) is 4.21 Å². The molecule has 21 heavy (non-hydrogen) atoms. The molecule has 1 N–H and O–H groups in total. The Bertz CT molecular complexity index is 734. The highest BCUT2D eigenvalue weighted by molar-refractivity contribution is 7.84. The number of hydrogen-bond donors (Lipinski definition) is 1. The number of carboxylic acids is 1. The summed E-state index contributed by atoms with van der Waals surface area (Å²) in [5.74, 6) is 1.07. The van der Waals surface area contributed by atoms with Crippen molar-refractivity contribution in [3.63, 3.8) is 0 Å². The molecule has 0 spiro atoms. The molecular weight excluding hydrogens is 288 g/mol. The number of fused-ring (bicyclic) bond motifs is 1. The zero-order valence-corrected chi connectivity index (χ0v) is 12.9. The molecule has 1 saturated carbocycles. The van der Waals surface area contributed by atoms with Crippen LogP contribution in [0.4, 0.5) is 0 Å². The molecule has 1 heterocycles. The minimum absolute atomic E-state index is 0.0421. The molecule has 2 unspecified atom stereocenters. The van der Waals surface area contributed by atoms with Gasteiger partial charge in [-0.15, -0.1) is 0 Å². The Morgan fingerprint density at radius 2 is 2.24 bits per heavy atom. The number of rotatable bonds is 5. The molecule has 2 atom stereocenters. The monoisotopic (exact) mass is 306 g/mol. The largest absolute Gasteiger partial charge is 0.478 e. The summed E-state index contributed by atoms with van der Waals surface area (Å²) in [7, 11) is -0.903. The molecule has 112 valence electrons. The standard InChI is InChI=1S/C15H18N2O3S/c1-9(8-21(2)20)17-13-7-11(15(18)19)5-6-12(13)16-14(17)10-3-4-10/h5-7,9-10H,3-4,8H2,1-2H3,(H,18,19). The molecule has 0 bridgehead atoms. The molecular formula is C15H18N2O3S. The smallest absolute Gasteiger partial charge is 0.335 e. The topological polar surface area (TPSA) is 72.2 Å². The van der Waals surface area contributed by atoms with Crippen LogP contribution < -0.4 is 0 Å². The van der Waals surface area contributed by atoms with Crippen molar-refractivity contribution >= 4 is 27.8 Å². The molecule has 1 aliphatic carbocycles. The number of nitrogens with zero attached hydrogens (tertiary/aromatic N) is 2. The first-order chi connectivity index (χ1) is 9.97. The first kappa shape index (κ1) is 14.3. The summed E-state index contributed by atoms with van der Waals surface area (Å²) in [6.45, 7) is 2.02. The number of benzene rings is 1. The first-order valence-corrected chi connectivity index (χ1v) is 8.75. The van der Waals surface area contributed by atoms with Crippen molar-refractivity contribution in [2.24, 2.45) is 0 Å². The van der Waals surface area contributed by atoms with E-state index in [-0.39, 0.29) is 11.6 Å². The average Bonchev–Trinajstić information content (AvgIpc) is 3.17. The minimum atomic E-state index is -0.940. The van der Waals surface area contributed by atoms with Gasteiger partial charge in [-0.1, -0.05) is 0 Å². The van der Waals surface area contributed by atoms with E-state index in [4.69, 9.17) is 5.11 Å². The Hall–Kier alpha value is -1.69. The lowest BCUT2D eigenvalue weighted by Gasteiger charge is -2.16. The van der Waals surface area contributed by atoms with Gasteiger partial charge in [-0.2, -0.15) is 0 Å². The maximum Gasteiger partial charge on any atom is 0.335 e. The van der Waals surface area contributed by atoms with E-state index in [0.717, 1.165) is 29.7 Å². The van der Waals surface area contributed by atoms with Crippen LogP contribution in [0.1, 0.15) is 47.9 Å². The summed E-state index contributed by atoms with van der Waals surface area (Å²) in [6, 6.07) is 5.06. The zero-order valence-electron chi connectivity index (χ0n) is 12.1. The average molecular weight is 306 g/mol. The number of hydrogen-bond acceptors (Lipinski definition) is 3. The van der Waals surface area contributed by atoms with Gasteiger partial charge in [0.05, 0.1) is 16.6 Å². The van der Waals surface area contributed by atoms with Crippen molar-refractivity contribution < 1.29 is 14.1 Å². The number of aromatic nitrogens is 2. The molecule has 6 heteroatoms. The molecule has 1 fully saturated rings. The van der Waals surface area contributed by atoms with Gasteiger partial charge in [0.2, 0.25) is 0 Å². The maximum atomic E-state index is 11.5. The molecule has 0 radical (unpaired) electrons. The Balaban J connectivity index is 2.16. The van der Waals surface area contributed by atoms with Crippen molar-refractivity contribution in [1.29, 1.82) is 0 Å². The van der Waals surface area contributed by atoms with Crippen molar-refractivity contribution in [3.8, 4) is 0 Å². The summed E-state index contributed by atoms with van der Waals surface area (Å²) < 4.78 is 13.6. The molecule has 5 nitrogen and oxygen atoms in total. The zero-order chi connectivity index (χ0) is 15.1. The quantitative estimate of drug-likeness (QED) is 0.921. The second kappa shape index (κ2) is 5.26. The Morgan fingerprint density at radius 3 is 2.81 bits per heavy atom. The van der Waals surface area contributed by atoms with Crippen LogP contribution in [-0.4, -0.2) is 36.8 Å². The van der Waals surface area contributed by atoms with E-state index in [1.807, 2.05) is 6.92 Å². The van der Waals surface area contributed by atoms with E-state index in [9.17, 15) is 9.00 Å². The molecule has 0 saturated heterocycles. The van der Waals surface area contributed by atoms with Crippen LogP contribution in [0.5, 0.6) is 0 Å². The third-order valence-electron chi connectivity index (χ3n) is 3.82. The van der Waals surface area contributed by atoms with Crippen LogP contribution >= 0.6 is 0 Å². The van der Waals surface area contributed by atoms with Crippen LogP contribution in [-0.2, 0) is 10.8 Å². The lowest BCUT2D eigenvalue weighted by Crippen LogP contribution is -2.15. The van der Waals surface area contributed by atoms with Gasteiger partial charge in [0.25, 0.3) is 0 Å². The number of imidazole rings is 1. The number of carbonyl (C=O) groups is 1. The maximum absolute atomic E-state index is 11.5. The van der Waals surface area contributed by atoms with Crippen LogP contribution in [0.3, 0.4) is 0 Å². The minimum Gasteiger partial charge on any atom is -0.478 e. The van der Waals surface area contributed by atoms with Gasteiger partial charge in [-0.05, 0) is 38.0 Å². The molecule has 1 aromatic heterocycles. The third kappa shape index (κ3) is 2.72. The summed E-state index contributed by atoms with van der Waals surface area (Å²) in [4.78, 5) is 15.9. The predicted octanol–water partition coefficient (Wildman–Crippen LogP) is 2.55. The predicted molar refractivity (Wildman–Crippen MR) is 82.3 cm³/mol.